The van der Waals surface area contributed by atoms with Gasteiger partial charge in [0.05, 0.1) is 25.4 Å². The Morgan fingerprint density at radius 3 is 2.81 bits per heavy atom. The monoisotopic (exact) mass is 229 g/mol. The van der Waals surface area contributed by atoms with Gasteiger partial charge in [-0.3, -0.25) is 4.90 Å². The van der Waals surface area contributed by atoms with Gasteiger partial charge >= 0.3 is 0 Å². The lowest BCUT2D eigenvalue weighted by atomic mass is 10.0. The summed E-state index contributed by atoms with van der Waals surface area (Å²) < 4.78 is 5.44. The van der Waals surface area contributed by atoms with Crippen LogP contribution in [-0.4, -0.2) is 59.7 Å². The lowest BCUT2D eigenvalue weighted by Gasteiger charge is -2.39. The van der Waals surface area contributed by atoms with Crippen LogP contribution in [0.3, 0.4) is 0 Å². The van der Waals surface area contributed by atoms with Gasteiger partial charge in [-0.1, -0.05) is 19.3 Å². The lowest BCUT2D eigenvalue weighted by Crippen LogP contribution is -2.52. The molecule has 0 amide bonds. The summed E-state index contributed by atoms with van der Waals surface area (Å²) in [6, 6.07) is 0.278. The molecule has 4 heteroatoms. The van der Waals surface area contributed by atoms with Gasteiger partial charge in [0.1, 0.15) is 0 Å². The molecule has 94 valence electrons. The molecule has 16 heavy (non-hydrogen) atoms. The van der Waals surface area contributed by atoms with Gasteiger partial charge in [0.15, 0.2) is 0 Å². The first kappa shape index (κ1) is 12.3. The Hall–Kier alpha value is -0.160. The van der Waals surface area contributed by atoms with Crippen molar-refractivity contribution in [3.8, 4) is 0 Å². The average Bonchev–Trinajstić information content (AvgIpc) is 2.54. The molecule has 1 saturated heterocycles. The standard InChI is InChI=1S/C12H23NO3/c14-9-10-8-13(6-7-16-10)11-4-2-1-3-5-12(11)15/h10-12,14-15H,1-9H2. The molecule has 1 saturated carbocycles. The van der Waals surface area contributed by atoms with Crippen molar-refractivity contribution in [2.75, 3.05) is 26.3 Å². The molecule has 4 nitrogen and oxygen atoms in total. The Labute approximate surface area is 97.2 Å². The van der Waals surface area contributed by atoms with Gasteiger partial charge in [-0.15, -0.1) is 0 Å². The fraction of sp³-hybridized carbons (Fsp3) is 1.00. The highest BCUT2D eigenvalue weighted by molar-refractivity contribution is 4.84. The van der Waals surface area contributed by atoms with Crippen LogP contribution < -0.4 is 0 Å². The van der Waals surface area contributed by atoms with E-state index >= 15 is 0 Å². The van der Waals surface area contributed by atoms with Crippen LogP contribution in [0.2, 0.25) is 0 Å². The molecule has 2 N–H and O–H groups in total. The summed E-state index contributed by atoms with van der Waals surface area (Å²) >= 11 is 0. The number of ether oxygens (including phenoxy) is 1. The molecular formula is C12H23NO3. The van der Waals surface area contributed by atoms with Crippen molar-refractivity contribution >= 4 is 0 Å². The Kier molecular flexibility index (Phi) is 4.58. The molecule has 2 aliphatic rings. The molecule has 0 aromatic carbocycles. The van der Waals surface area contributed by atoms with E-state index < -0.39 is 0 Å². The Morgan fingerprint density at radius 1 is 1.19 bits per heavy atom. The van der Waals surface area contributed by atoms with Crippen LogP contribution in [0, 0.1) is 0 Å². The number of hydrogen-bond donors (Lipinski definition) is 2. The molecule has 1 aliphatic carbocycles. The maximum absolute atomic E-state index is 10.1. The van der Waals surface area contributed by atoms with Crippen LogP contribution in [0.1, 0.15) is 32.1 Å². The summed E-state index contributed by atoms with van der Waals surface area (Å²) in [4.78, 5) is 2.31. The quantitative estimate of drug-likeness (QED) is 0.672. The second-order valence-electron chi connectivity index (χ2n) is 4.94. The summed E-state index contributed by atoms with van der Waals surface area (Å²) in [7, 11) is 0. The zero-order valence-electron chi connectivity index (χ0n) is 9.85. The normalized spacial score (nSPS) is 38.2. The van der Waals surface area contributed by atoms with Crippen LogP contribution in [0.4, 0.5) is 0 Å². The topological polar surface area (TPSA) is 52.9 Å². The molecule has 0 radical (unpaired) electrons. The van der Waals surface area contributed by atoms with Crippen molar-refractivity contribution in [3.05, 3.63) is 0 Å². The van der Waals surface area contributed by atoms with Crippen LogP contribution in [0.5, 0.6) is 0 Å². The van der Waals surface area contributed by atoms with Crippen molar-refractivity contribution in [3.63, 3.8) is 0 Å². The number of hydrogen-bond acceptors (Lipinski definition) is 4. The van der Waals surface area contributed by atoms with E-state index in [4.69, 9.17) is 9.84 Å². The first-order chi connectivity index (χ1) is 7.81. The summed E-state index contributed by atoms with van der Waals surface area (Å²) in [5, 5.41) is 19.2. The van der Waals surface area contributed by atoms with E-state index in [1.807, 2.05) is 0 Å². The largest absolute Gasteiger partial charge is 0.394 e. The zero-order valence-corrected chi connectivity index (χ0v) is 9.85. The highest BCUT2D eigenvalue weighted by Crippen LogP contribution is 2.24. The van der Waals surface area contributed by atoms with Gasteiger partial charge in [-0.25, -0.2) is 0 Å². The van der Waals surface area contributed by atoms with Crippen LogP contribution in [0.15, 0.2) is 0 Å². The van der Waals surface area contributed by atoms with E-state index in [1.165, 1.54) is 12.8 Å². The molecular weight excluding hydrogens is 206 g/mol. The summed E-state index contributed by atoms with van der Waals surface area (Å²) in [6.07, 6.45) is 5.34. The second kappa shape index (κ2) is 5.96. The fourth-order valence-corrected chi connectivity index (χ4v) is 2.85. The third-order valence-electron chi connectivity index (χ3n) is 3.79. The van der Waals surface area contributed by atoms with E-state index in [0.29, 0.717) is 6.61 Å². The number of rotatable bonds is 2. The maximum atomic E-state index is 10.1. The van der Waals surface area contributed by atoms with Crippen LogP contribution in [-0.2, 0) is 4.74 Å². The van der Waals surface area contributed by atoms with E-state index in [-0.39, 0.29) is 24.9 Å². The highest BCUT2D eigenvalue weighted by atomic mass is 16.5. The van der Waals surface area contributed by atoms with Crippen molar-refractivity contribution in [1.82, 2.24) is 4.90 Å². The third-order valence-corrected chi connectivity index (χ3v) is 3.79. The fourth-order valence-electron chi connectivity index (χ4n) is 2.85. The Bertz CT molecular complexity index is 212. The first-order valence-electron chi connectivity index (χ1n) is 6.46. The van der Waals surface area contributed by atoms with Gasteiger partial charge in [-0.05, 0) is 12.8 Å². The smallest absolute Gasteiger partial charge is 0.0933 e. The minimum Gasteiger partial charge on any atom is -0.394 e. The molecule has 0 aromatic rings. The summed E-state index contributed by atoms with van der Waals surface area (Å²) in [5.41, 5.74) is 0. The number of nitrogens with zero attached hydrogens (tertiary/aromatic N) is 1. The summed E-state index contributed by atoms with van der Waals surface area (Å²) in [6.45, 7) is 2.41. The predicted molar refractivity (Wildman–Crippen MR) is 61.3 cm³/mol. The van der Waals surface area contributed by atoms with E-state index in [2.05, 4.69) is 4.90 Å². The van der Waals surface area contributed by atoms with E-state index in [0.717, 1.165) is 32.4 Å². The van der Waals surface area contributed by atoms with Crippen molar-refractivity contribution in [2.24, 2.45) is 0 Å². The maximum Gasteiger partial charge on any atom is 0.0933 e. The Morgan fingerprint density at radius 2 is 2.00 bits per heavy atom. The average molecular weight is 229 g/mol. The summed E-state index contributed by atoms with van der Waals surface area (Å²) in [5.74, 6) is 0. The van der Waals surface area contributed by atoms with E-state index in [9.17, 15) is 5.11 Å². The third kappa shape index (κ3) is 2.94. The van der Waals surface area contributed by atoms with Crippen molar-refractivity contribution < 1.29 is 14.9 Å². The second-order valence-corrected chi connectivity index (χ2v) is 4.94. The minimum atomic E-state index is -0.194. The van der Waals surface area contributed by atoms with Crippen molar-refractivity contribution in [1.29, 1.82) is 0 Å². The first-order valence-corrected chi connectivity index (χ1v) is 6.46. The van der Waals surface area contributed by atoms with Gasteiger partial charge in [0.25, 0.3) is 0 Å². The molecule has 3 atom stereocenters. The van der Waals surface area contributed by atoms with Gasteiger partial charge in [0.2, 0.25) is 0 Å². The molecule has 1 aliphatic heterocycles. The van der Waals surface area contributed by atoms with Crippen molar-refractivity contribution in [2.45, 2.75) is 50.4 Å². The van der Waals surface area contributed by atoms with Gasteiger partial charge < -0.3 is 14.9 Å². The predicted octanol–water partition coefficient (Wildman–Crippen LogP) is 0.373. The van der Waals surface area contributed by atoms with Gasteiger partial charge in [-0.2, -0.15) is 0 Å². The molecule has 2 fully saturated rings. The van der Waals surface area contributed by atoms with Crippen LogP contribution >= 0.6 is 0 Å². The molecule has 0 bridgehead atoms. The minimum absolute atomic E-state index is 0.0656. The van der Waals surface area contributed by atoms with Crippen LogP contribution in [0.25, 0.3) is 0 Å². The number of morpholine rings is 1. The zero-order chi connectivity index (χ0) is 11.4. The molecule has 3 unspecified atom stereocenters. The number of aliphatic hydroxyl groups is 2. The van der Waals surface area contributed by atoms with E-state index in [1.54, 1.807) is 0 Å². The molecule has 1 heterocycles. The molecule has 0 aromatic heterocycles. The molecule has 2 rings (SSSR count). The highest BCUT2D eigenvalue weighted by Gasteiger charge is 2.31. The van der Waals surface area contributed by atoms with Gasteiger partial charge in [0, 0.05) is 19.1 Å². The Balaban J connectivity index is 1.93. The molecule has 0 spiro atoms. The SMILES string of the molecule is OCC1CN(C2CCCCCC2O)CCO1. The lowest BCUT2D eigenvalue weighted by molar-refractivity contribution is -0.0820. The number of aliphatic hydroxyl groups excluding tert-OH is 2.